The van der Waals surface area contributed by atoms with E-state index in [1.165, 1.54) is 12.1 Å². The molecule has 1 aromatic heterocycles. The van der Waals surface area contributed by atoms with Gasteiger partial charge in [0.2, 0.25) is 0 Å². The van der Waals surface area contributed by atoms with Crippen molar-refractivity contribution in [2.45, 2.75) is 25.2 Å². The molecule has 6 nitrogen and oxygen atoms in total. The van der Waals surface area contributed by atoms with Gasteiger partial charge in [0.25, 0.3) is 5.91 Å². The number of carbonyl (C=O) groups is 2. The van der Waals surface area contributed by atoms with Gasteiger partial charge in [0.1, 0.15) is 18.2 Å². The number of ketones is 1. The molecule has 5 rings (SSSR count). The first-order chi connectivity index (χ1) is 14.1. The largest absolute Gasteiger partial charge is 0.486 e. The highest BCUT2D eigenvalue weighted by Crippen LogP contribution is 2.32. The quantitative estimate of drug-likeness (QED) is 0.725. The maximum absolute atomic E-state index is 13.4. The van der Waals surface area contributed by atoms with Crippen molar-refractivity contribution in [1.29, 1.82) is 0 Å². The second-order valence-corrected chi connectivity index (χ2v) is 7.69. The van der Waals surface area contributed by atoms with Crippen molar-refractivity contribution in [3.63, 3.8) is 0 Å². The van der Waals surface area contributed by atoms with Crippen LogP contribution in [0.15, 0.2) is 36.4 Å². The molecule has 7 heteroatoms. The molecule has 3 heterocycles. The molecule has 0 bridgehead atoms. The number of halogens is 1. The molecule has 0 aliphatic carbocycles. The first kappa shape index (κ1) is 17.8. The Kier molecular flexibility index (Phi) is 4.30. The predicted molar refractivity (Wildman–Crippen MR) is 105 cm³/mol. The molecule has 1 amide bonds. The number of aromatic nitrogens is 2. The summed E-state index contributed by atoms with van der Waals surface area (Å²) < 4.78 is 18.8. The zero-order valence-corrected chi connectivity index (χ0v) is 15.8. The van der Waals surface area contributed by atoms with Crippen molar-refractivity contribution in [3.8, 4) is 5.75 Å². The Morgan fingerprint density at radius 1 is 1.17 bits per heavy atom. The van der Waals surface area contributed by atoms with Crippen LogP contribution in [0, 0.1) is 5.82 Å². The number of fused-ring (bicyclic) bond motifs is 2. The van der Waals surface area contributed by atoms with Gasteiger partial charge in [-0.15, -0.1) is 0 Å². The van der Waals surface area contributed by atoms with E-state index in [-0.39, 0.29) is 30.0 Å². The maximum Gasteiger partial charge on any atom is 0.253 e. The highest BCUT2D eigenvalue weighted by molar-refractivity contribution is 5.95. The van der Waals surface area contributed by atoms with Crippen LogP contribution in [-0.2, 0) is 11.2 Å². The number of aromatic amines is 1. The molecule has 0 unspecified atom stereocenters. The van der Waals surface area contributed by atoms with Crippen molar-refractivity contribution < 1.29 is 18.7 Å². The second kappa shape index (κ2) is 6.99. The SMILES string of the molecule is O=C1COc2ccc(C(=O)N3CCC(c4[nH]nc5cc(F)ccc45)CC3)cc2C1. The number of nitrogens with zero attached hydrogens (tertiary/aromatic N) is 2. The van der Waals surface area contributed by atoms with Gasteiger partial charge in [-0.3, -0.25) is 14.7 Å². The normalized spacial score (nSPS) is 17.3. The Labute approximate surface area is 166 Å². The van der Waals surface area contributed by atoms with Crippen molar-refractivity contribution in [2.24, 2.45) is 0 Å². The number of nitrogens with one attached hydrogen (secondary N) is 1. The van der Waals surface area contributed by atoms with Crippen molar-refractivity contribution in [3.05, 3.63) is 59.0 Å². The molecule has 1 N–H and O–H groups in total. The Balaban J connectivity index is 1.29. The van der Waals surface area contributed by atoms with Gasteiger partial charge < -0.3 is 9.64 Å². The first-order valence-corrected chi connectivity index (χ1v) is 9.79. The van der Waals surface area contributed by atoms with E-state index in [1.54, 1.807) is 24.3 Å². The number of hydrogen-bond donors (Lipinski definition) is 1. The molecule has 1 saturated heterocycles. The smallest absolute Gasteiger partial charge is 0.253 e. The summed E-state index contributed by atoms with van der Waals surface area (Å²) in [6.45, 7) is 1.37. The van der Waals surface area contributed by atoms with Gasteiger partial charge in [0.05, 0.1) is 5.52 Å². The molecular formula is C22H20FN3O3. The summed E-state index contributed by atoms with van der Waals surface area (Å²) in [7, 11) is 0. The van der Waals surface area contributed by atoms with E-state index in [1.807, 2.05) is 4.90 Å². The fourth-order valence-electron chi connectivity index (χ4n) is 4.28. The Morgan fingerprint density at radius 2 is 2.00 bits per heavy atom. The molecule has 29 heavy (non-hydrogen) atoms. The average Bonchev–Trinajstić information content (AvgIpc) is 3.15. The number of piperidine rings is 1. The number of hydrogen-bond acceptors (Lipinski definition) is 4. The summed E-state index contributed by atoms with van der Waals surface area (Å²) in [5, 5.41) is 8.22. The zero-order chi connectivity index (χ0) is 20.0. The number of Topliss-reactive ketones (excluding diaryl/α,β-unsaturated/α-hetero) is 1. The summed E-state index contributed by atoms with van der Waals surface area (Å²) in [5.41, 5.74) is 3.00. The van der Waals surface area contributed by atoms with Crippen molar-refractivity contribution in [1.82, 2.24) is 15.1 Å². The predicted octanol–water partition coefficient (Wildman–Crippen LogP) is 3.23. The van der Waals surface area contributed by atoms with Gasteiger partial charge in [-0.25, -0.2) is 4.39 Å². The van der Waals surface area contributed by atoms with E-state index in [2.05, 4.69) is 10.2 Å². The lowest BCUT2D eigenvalue weighted by Gasteiger charge is -2.32. The van der Waals surface area contributed by atoms with Gasteiger partial charge in [0, 0.05) is 53.7 Å². The third kappa shape index (κ3) is 3.26. The number of likely N-dealkylation sites (tertiary alicyclic amines) is 1. The number of rotatable bonds is 2. The molecular weight excluding hydrogens is 373 g/mol. The molecule has 0 atom stereocenters. The van der Waals surface area contributed by atoms with Gasteiger partial charge >= 0.3 is 0 Å². The molecule has 148 valence electrons. The number of carbonyl (C=O) groups excluding carboxylic acids is 2. The molecule has 1 fully saturated rings. The van der Waals surface area contributed by atoms with Gasteiger partial charge in [-0.05, 0) is 43.2 Å². The van der Waals surface area contributed by atoms with Crippen molar-refractivity contribution in [2.75, 3.05) is 19.7 Å². The van der Waals surface area contributed by atoms with Crippen LogP contribution in [-0.4, -0.2) is 46.5 Å². The summed E-state index contributed by atoms with van der Waals surface area (Å²) in [5.74, 6) is 0.634. The number of benzene rings is 2. The Morgan fingerprint density at radius 3 is 2.83 bits per heavy atom. The molecule has 2 aliphatic heterocycles. The van der Waals surface area contributed by atoms with Crippen LogP contribution in [0.2, 0.25) is 0 Å². The number of H-pyrrole nitrogens is 1. The lowest BCUT2D eigenvalue weighted by molar-refractivity contribution is -0.121. The minimum Gasteiger partial charge on any atom is -0.486 e. The van der Waals surface area contributed by atoms with Crippen LogP contribution < -0.4 is 4.74 Å². The molecule has 3 aromatic rings. The summed E-state index contributed by atoms with van der Waals surface area (Å²) >= 11 is 0. The lowest BCUT2D eigenvalue weighted by atomic mass is 9.91. The third-order valence-electron chi connectivity index (χ3n) is 5.82. The highest BCUT2D eigenvalue weighted by atomic mass is 19.1. The monoisotopic (exact) mass is 393 g/mol. The molecule has 0 saturated carbocycles. The van der Waals surface area contributed by atoms with Crippen LogP contribution in [0.5, 0.6) is 5.75 Å². The Bertz CT molecular complexity index is 1120. The van der Waals surface area contributed by atoms with Crippen LogP contribution in [0.4, 0.5) is 4.39 Å². The first-order valence-electron chi connectivity index (χ1n) is 9.79. The topological polar surface area (TPSA) is 75.3 Å². The van der Waals surface area contributed by atoms with E-state index in [4.69, 9.17) is 4.74 Å². The second-order valence-electron chi connectivity index (χ2n) is 7.69. The fraction of sp³-hybridized carbons (Fsp3) is 0.318. The number of ether oxygens (including phenoxy) is 1. The zero-order valence-electron chi connectivity index (χ0n) is 15.8. The fourth-order valence-corrected chi connectivity index (χ4v) is 4.28. The van der Waals surface area contributed by atoms with Crippen LogP contribution in [0.3, 0.4) is 0 Å². The highest BCUT2D eigenvalue weighted by Gasteiger charge is 2.27. The van der Waals surface area contributed by atoms with Gasteiger partial charge in [-0.2, -0.15) is 5.10 Å². The van der Waals surface area contributed by atoms with Gasteiger partial charge in [0.15, 0.2) is 5.78 Å². The van der Waals surface area contributed by atoms with E-state index < -0.39 is 0 Å². The van der Waals surface area contributed by atoms with E-state index in [0.29, 0.717) is 36.3 Å². The summed E-state index contributed by atoms with van der Waals surface area (Å²) in [4.78, 5) is 26.4. The third-order valence-corrected chi connectivity index (χ3v) is 5.82. The summed E-state index contributed by atoms with van der Waals surface area (Å²) in [6, 6.07) is 9.95. The van der Waals surface area contributed by atoms with Crippen LogP contribution >= 0.6 is 0 Å². The minimum atomic E-state index is -0.298. The Hall–Kier alpha value is -3.22. The van der Waals surface area contributed by atoms with Crippen molar-refractivity contribution >= 4 is 22.6 Å². The van der Waals surface area contributed by atoms with E-state index in [0.717, 1.165) is 29.5 Å². The molecule has 0 spiro atoms. The molecule has 2 aliphatic rings. The van der Waals surface area contributed by atoms with Gasteiger partial charge in [-0.1, -0.05) is 0 Å². The molecule has 0 radical (unpaired) electrons. The minimum absolute atomic E-state index is 0.0228. The molecule has 2 aromatic carbocycles. The van der Waals surface area contributed by atoms with Crippen LogP contribution in [0.25, 0.3) is 10.9 Å². The standard InChI is InChI=1S/C22H20FN3O3/c23-16-2-3-18-19(11-16)24-25-21(18)13-5-7-26(8-6-13)22(28)14-1-4-20-15(9-14)10-17(27)12-29-20/h1-4,9,11,13H,5-8,10,12H2,(H,24,25). The maximum atomic E-state index is 13.4. The summed E-state index contributed by atoms with van der Waals surface area (Å²) in [6.07, 6.45) is 1.94. The average molecular weight is 393 g/mol. The van der Waals surface area contributed by atoms with Crippen LogP contribution in [0.1, 0.15) is 40.4 Å². The van der Waals surface area contributed by atoms with E-state index in [9.17, 15) is 14.0 Å². The lowest BCUT2D eigenvalue weighted by Crippen LogP contribution is -2.38. The number of amides is 1. The van der Waals surface area contributed by atoms with E-state index >= 15 is 0 Å².